The van der Waals surface area contributed by atoms with Crippen LogP contribution < -0.4 is 4.73 Å². The summed E-state index contributed by atoms with van der Waals surface area (Å²) >= 11 is 1.67. The number of thiazole rings is 1. The van der Waals surface area contributed by atoms with E-state index in [2.05, 4.69) is 11.9 Å². The first kappa shape index (κ1) is 8.44. The van der Waals surface area contributed by atoms with Crippen LogP contribution in [-0.2, 0) is 6.42 Å². The molecule has 2 heterocycles. The lowest BCUT2D eigenvalue weighted by Gasteiger charge is -1.91. The molecular formula is C9H10N2OS. The highest BCUT2D eigenvalue weighted by Gasteiger charge is 2.04. The standard InChI is InChI=1S/C9H10N2OS/c1-2-3-9-10-7-6-11(12)5-4-8(7)13-9/h4-6H,2-3H2,1H3. The molecule has 0 N–H and O–H groups in total. The number of nitrogens with zero attached hydrogens (tertiary/aromatic N) is 2. The fourth-order valence-electron chi connectivity index (χ4n) is 1.23. The molecule has 0 radical (unpaired) electrons. The monoisotopic (exact) mass is 194 g/mol. The van der Waals surface area contributed by atoms with Crippen LogP contribution in [0.15, 0.2) is 18.5 Å². The van der Waals surface area contributed by atoms with Crippen LogP contribution in [0.25, 0.3) is 10.2 Å². The van der Waals surface area contributed by atoms with Gasteiger partial charge in [0.05, 0.1) is 9.71 Å². The van der Waals surface area contributed by atoms with Crippen LogP contribution in [-0.4, -0.2) is 4.98 Å². The average molecular weight is 194 g/mol. The first-order chi connectivity index (χ1) is 6.29. The topological polar surface area (TPSA) is 39.8 Å². The van der Waals surface area contributed by atoms with Gasteiger partial charge in [0.2, 0.25) is 6.20 Å². The van der Waals surface area contributed by atoms with E-state index in [0.29, 0.717) is 0 Å². The van der Waals surface area contributed by atoms with Crippen molar-refractivity contribution >= 4 is 21.6 Å². The summed E-state index contributed by atoms with van der Waals surface area (Å²) in [4.78, 5) is 4.36. The van der Waals surface area contributed by atoms with Gasteiger partial charge in [0.15, 0.2) is 6.20 Å². The van der Waals surface area contributed by atoms with Crippen molar-refractivity contribution in [3.63, 3.8) is 0 Å². The number of aromatic nitrogens is 2. The Morgan fingerprint density at radius 1 is 1.62 bits per heavy atom. The molecule has 0 atom stereocenters. The Labute approximate surface area is 80.2 Å². The number of pyridine rings is 1. The molecule has 0 aromatic carbocycles. The molecule has 4 heteroatoms. The van der Waals surface area contributed by atoms with Crippen molar-refractivity contribution in [2.45, 2.75) is 19.8 Å². The highest BCUT2D eigenvalue weighted by atomic mass is 32.1. The van der Waals surface area contributed by atoms with E-state index in [9.17, 15) is 5.21 Å². The van der Waals surface area contributed by atoms with Crippen molar-refractivity contribution in [3.8, 4) is 0 Å². The molecule has 0 bridgehead atoms. The third-order valence-electron chi connectivity index (χ3n) is 1.81. The predicted molar refractivity (Wildman–Crippen MR) is 52.6 cm³/mol. The third-order valence-corrected chi connectivity index (χ3v) is 2.91. The van der Waals surface area contributed by atoms with Crippen molar-refractivity contribution in [2.24, 2.45) is 0 Å². The van der Waals surface area contributed by atoms with Crippen molar-refractivity contribution in [2.75, 3.05) is 0 Å². The molecule has 0 spiro atoms. The van der Waals surface area contributed by atoms with Gasteiger partial charge in [-0.1, -0.05) is 6.92 Å². The Morgan fingerprint density at radius 2 is 2.46 bits per heavy atom. The molecule has 13 heavy (non-hydrogen) atoms. The fraction of sp³-hybridized carbons (Fsp3) is 0.333. The van der Waals surface area contributed by atoms with Crippen LogP contribution >= 0.6 is 11.3 Å². The molecule has 0 unspecified atom stereocenters. The lowest BCUT2D eigenvalue weighted by Crippen LogP contribution is -2.23. The summed E-state index contributed by atoms with van der Waals surface area (Å²) in [6.07, 6.45) is 5.12. The third kappa shape index (κ3) is 1.62. The van der Waals surface area contributed by atoms with Crippen molar-refractivity contribution in [1.82, 2.24) is 4.98 Å². The molecule has 0 aliphatic rings. The van der Waals surface area contributed by atoms with E-state index in [0.717, 1.165) is 32.8 Å². The van der Waals surface area contributed by atoms with Gasteiger partial charge in [-0.25, -0.2) is 4.98 Å². The number of rotatable bonds is 2. The second-order valence-electron chi connectivity index (χ2n) is 2.91. The molecule has 0 aliphatic heterocycles. The Kier molecular flexibility index (Phi) is 2.14. The van der Waals surface area contributed by atoms with Crippen LogP contribution in [0.5, 0.6) is 0 Å². The molecule has 0 fully saturated rings. The Hall–Kier alpha value is -1.16. The van der Waals surface area contributed by atoms with E-state index in [1.54, 1.807) is 11.3 Å². The van der Waals surface area contributed by atoms with Gasteiger partial charge >= 0.3 is 0 Å². The quantitative estimate of drug-likeness (QED) is 0.541. The molecule has 3 nitrogen and oxygen atoms in total. The summed E-state index contributed by atoms with van der Waals surface area (Å²) in [5.74, 6) is 0. The van der Waals surface area contributed by atoms with Crippen molar-refractivity contribution < 1.29 is 4.73 Å². The zero-order valence-electron chi connectivity index (χ0n) is 7.36. The minimum Gasteiger partial charge on any atom is -0.619 e. The number of hydrogen-bond acceptors (Lipinski definition) is 3. The number of fused-ring (bicyclic) bond motifs is 1. The SMILES string of the molecule is CCCc1nc2c[n+]([O-])ccc2s1. The molecule has 0 saturated heterocycles. The van der Waals surface area contributed by atoms with E-state index in [1.807, 2.05) is 6.07 Å². The van der Waals surface area contributed by atoms with Crippen molar-refractivity contribution in [1.29, 1.82) is 0 Å². The maximum absolute atomic E-state index is 10.9. The van der Waals surface area contributed by atoms with Crippen LogP contribution in [0.3, 0.4) is 0 Å². The molecule has 2 aromatic rings. The van der Waals surface area contributed by atoms with Gasteiger partial charge < -0.3 is 5.21 Å². The van der Waals surface area contributed by atoms with Crippen LogP contribution in [0.1, 0.15) is 18.4 Å². The minimum atomic E-state index is 0.789. The first-order valence-corrected chi connectivity index (χ1v) is 5.09. The molecule has 68 valence electrons. The molecule has 0 aliphatic carbocycles. The van der Waals surface area contributed by atoms with E-state index in [1.165, 1.54) is 12.4 Å². The van der Waals surface area contributed by atoms with Gasteiger partial charge in [-0.2, -0.15) is 4.73 Å². The van der Waals surface area contributed by atoms with Crippen LogP contribution in [0.2, 0.25) is 0 Å². The maximum atomic E-state index is 10.9. The van der Waals surface area contributed by atoms with E-state index in [-0.39, 0.29) is 0 Å². The number of hydrogen-bond donors (Lipinski definition) is 0. The lowest BCUT2D eigenvalue weighted by atomic mass is 10.3. The summed E-state index contributed by atoms with van der Waals surface area (Å²) in [6, 6.07) is 1.82. The predicted octanol–water partition coefficient (Wildman–Crippen LogP) is 1.88. The largest absolute Gasteiger partial charge is 0.619 e. The molecule has 2 rings (SSSR count). The molecule has 0 amide bonds. The zero-order chi connectivity index (χ0) is 9.26. The van der Waals surface area contributed by atoms with Gasteiger partial charge in [-0.15, -0.1) is 11.3 Å². The van der Waals surface area contributed by atoms with E-state index < -0.39 is 0 Å². The van der Waals surface area contributed by atoms with Crippen LogP contribution in [0, 0.1) is 5.21 Å². The fourth-order valence-corrected chi connectivity index (χ4v) is 2.26. The lowest BCUT2D eigenvalue weighted by molar-refractivity contribution is -0.603. The van der Waals surface area contributed by atoms with Gasteiger partial charge in [0.1, 0.15) is 5.52 Å². The second kappa shape index (κ2) is 3.30. The Bertz CT molecular complexity index is 424. The van der Waals surface area contributed by atoms with Crippen molar-refractivity contribution in [3.05, 3.63) is 28.7 Å². The van der Waals surface area contributed by atoms with Gasteiger partial charge in [-0.3, -0.25) is 0 Å². The summed E-state index contributed by atoms with van der Waals surface area (Å²) in [5.41, 5.74) is 0.811. The number of aryl methyl sites for hydroxylation is 1. The first-order valence-electron chi connectivity index (χ1n) is 4.28. The van der Waals surface area contributed by atoms with Crippen LogP contribution in [0.4, 0.5) is 0 Å². The smallest absolute Gasteiger partial charge is 0.207 e. The molecular weight excluding hydrogens is 184 g/mol. The summed E-state index contributed by atoms with van der Waals surface area (Å²) in [5, 5.41) is 12.0. The Balaban J connectivity index is 2.49. The normalized spacial score (nSPS) is 10.8. The highest BCUT2D eigenvalue weighted by molar-refractivity contribution is 7.18. The summed E-state index contributed by atoms with van der Waals surface area (Å²) < 4.78 is 1.88. The van der Waals surface area contributed by atoms with E-state index >= 15 is 0 Å². The Morgan fingerprint density at radius 3 is 3.23 bits per heavy atom. The zero-order valence-corrected chi connectivity index (χ0v) is 8.17. The molecule has 2 aromatic heterocycles. The minimum absolute atomic E-state index is 0.789. The maximum Gasteiger partial charge on any atom is 0.207 e. The van der Waals surface area contributed by atoms with E-state index in [4.69, 9.17) is 0 Å². The van der Waals surface area contributed by atoms with Gasteiger partial charge in [-0.05, 0) is 12.8 Å². The summed E-state index contributed by atoms with van der Waals surface area (Å²) in [6.45, 7) is 2.12. The average Bonchev–Trinajstić information content (AvgIpc) is 2.46. The molecule has 0 saturated carbocycles. The second-order valence-corrected chi connectivity index (χ2v) is 4.03. The van der Waals surface area contributed by atoms with Gasteiger partial charge in [0.25, 0.3) is 0 Å². The van der Waals surface area contributed by atoms with Gasteiger partial charge in [0, 0.05) is 6.07 Å². The summed E-state index contributed by atoms with van der Waals surface area (Å²) in [7, 11) is 0. The highest BCUT2D eigenvalue weighted by Crippen LogP contribution is 2.20.